The number of halogens is 5. The number of likely N-dealkylation sites (tertiary alicyclic amines) is 1. The van der Waals surface area contributed by atoms with Crippen molar-refractivity contribution in [1.29, 1.82) is 0 Å². The van der Waals surface area contributed by atoms with E-state index >= 15 is 0 Å². The maximum absolute atomic E-state index is 14.4. The van der Waals surface area contributed by atoms with Crippen molar-refractivity contribution in [3.8, 4) is 5.88 Å². The van der Waals surface area contributed by atoms with Crippen LogP contribution in [0.1, 0.15) is 57.8 Å². The zero-order chi connectivity index (χ0) is 26.7. The number of thiazole rings is 1. The van der Waals surface area contributed by atoms with Gasteiger partial charge in [-0.1, -0.05) is 17.7 Å². The molecule has 7 nitrogen and oxygen atoms in total. The number of nitrogens with one attached hydrogen (secondary N) is 1. The fraction of sp³-hybridized carbons (Fsp3) is 0.417. The molecule has 1 saturated heterocycles. The average Bonchev–Trinajstić information content (AvgIpc) is 3.33. The molecule has 3 aromatic rings. The van der Waals surface area contributed by atoms with E-state index in [9.17, 15) is 22.4 Å². The van der Waals surface area contributed by atoms with E-state index in [0.29, 0.717) is 36.6 Å². The Morgan fingerprint density at radius 3 is 2.65 bits per heavy atom. The first-order chi connectivity index (χ1) is 17.7. The molecule has 1 aromatic carbocycles. The molecular formula is C24H24ClF4N5O2S. The number of hydrogen-bond acceptors (Lipinski definition) is 7. The quantitative estimate of drug-likeness (QED) is 0.372. The molecule has 1 fully saturated rings. The van der Waals surface area contributed by atoms with E-state index in [-0.39, 0.29) is 40.5 Å². The summed E-state index contributed by atoms with van der Waals surface area (Å²) in [6.07, 6.45) is -2.21. The van der Waals surface area contributed by atoms with Gasteiger partial charge in [0.2, 0.25) is 5.82 Å². The highest BCUT2D eigenvalue weighted by atomic mass is 35.5. The molecular weight excluding hydrogens is 534 g/mol. The van der Waals surface area contributed by atoms with Crippen LogP contribution in [0.25, 0.3) is 0 Å². The SMILES string of the molecule is Cc1nc(C)c(F)c(OC2CCN(C(CNC(=O)c3c(F)cccc3Cl)c3scnc3C(F)F)CC2)n1. The van der Waals surface area contributed by atoms with Crippen LogP contribution in [0.2, 0.25) is 5.02 Å². The van der Waals surface area contributed by atoms with Gasteiger partial charge >= 0.3 is 0 Å². The molecule has 0 radical (unpaired) electrons. The Bertz CT molecular complexity index is 1250. The van der Waals surface area contributed by atoms with Gasteiger partial charge in [-0.3, -0.25) is 9.69 Å². The van der Waals surface area contributed by atoms with E-state index in [4.69, 9.17) is 16.3 Å². The van der Waals surface area contributed by atoms with Gasteiger partial charge in [0.05, 0.1) is 32.7 Å². The Hall–Kier alpha value is -2.83. The molecule has 1 aliphatic rings. The lowest BCUT2D eigenvalue weighted by atomic mass is 10.0. The Morgan fingerprint density at radius 1 is 1.24 bits per heavy atom. The van der Waals surface area contributed by atoms with Crippen LogP contribution in [0.4, 0.5) is 17.6 Å². The number of piperidine rings is 1. The van der Waals surface area contributed by atoms with Crippen LogP contribution in [0.15, 0.2) is 23.7 Å². The van der Waals surface area contributed by atoms with E-state index in [0.717, 1.165) is 17.4 Å². The van der Waals surface area contributed by atoms with E-state index in [1.165, 1.54) is 24.6 Å². The number of nitrogens with zero attached hydrogens (tertiary/aromatic N) is 4. The minimum absolute atomic E-state index is 0.0551. The highest BCUT2D eigenvalue weighted by Crippen LogP contribution is 2.35. The number of benzene rings is 1. The fourth-order valence-electron chi connectivity index (χ4n) is 4.27. The normalized spacial score (nSPS) is 15.7. The molecule has 1 atom stereocenters. The average molecular weight is 558 g/mol. The van der Waals surface area contributed by atoms with Gasteiger partial charge in [0, 0.05) is 19.6 Å². The largest absolute Gasteiger partial charge is 0.472 e. The summed E-state index contributed by atoms with van der Waals surface area (Å²) in [6.45, 7) is 3.93. The molecule has 0 saturated carbocycles. The van der Waals surface area contributed by atoms with Gasteiger partial charge in [-0.15, -0.1) is 11.3 Å². The Kier molecular flexibility index (Phi) is 8.60. The standard InChI is InChI=1S/C24H24ClF4N5O2S/c1-12-19(27)24(33-13(2)32-12)36-14-6-8-34(9-7-14)17(21-20(22(28)29)31-11-37-21)10-30-23(35)18-15(25)4-3-5-16(18)26/h3-5,11,14,17,22H,6-10H2,1-2H3,(H,30,35). The Morgan fingerprint density at radius 2 is 1.97 bits per heavy atom. The number of alkyl halides is 2. The second-order valence-corrected chi connectivity index (χ2v) is 9.85. The number of amides is 1. The van der Waals surface area contributed by atoms with Crippen LogP contribution in [-0.2, 0) is 0 Å². The van der Waals surface area contributed by atoms with E-state index in [1.807, 2.05) is 4.90 Å². The van der Waals surface area contributed by atoms with Crippen LogP contribution in [-0.4, -0.2) is 51.5 Å². The first-order valence-electron chi connectivity index (χ1n) is 11.5. The van der Waals surface area contributed by atoms with E-state index in [1.54, 1.807) is 6.92 Å². The molecule has 1 aliphatic heterocycles. The van der Waals surface area contributed by atoms with Crippen molar-refractivity contribution in [3.63, 3.8) is 0 Å². The van der Waals surface area contributed by atoms with Crippen molar-refractivity contribution in [1.82, 2.24) is 25.2 Å². The molecule has 1 unspecified atom stereocenters. The van der Waals surface area contributed by atoms with Crippen molar-refractivity contribution < 1.29 is 27.1 Å². The van der Waals surface area contributed by atoms with Gasteiger partial charge in [-0.05, 0) is 38.8 Å². The Labute approximate surface area is 219 Å². The molecule has 0 bridgehead atoms. The van der Waals surface area contributed by atoms with E-state index < -0.39 is 30.0 Å². The van der Waals surface area contributed by atoms with Gasteiger partial charge in [0.1, 0.15) is 23.4 Å². The predicted molar refractivity (Wildman–Crippen MR) is 130 cm³/mol. The third-order valence-electron chi connectivity index (χ3n) is 6.07. The summed E-state index contributed by atoms with van der Waals surface area (Å²) >= 11 is 7.06. The van der Waals surface area contributed by atoms with Crippen molar-refractivity contribution in [2.24, 2.45) is 0 Å². The summed E-state index contributed by atoms with van der Waals surface area (Å²) in [5.41, 5.74) is 0.847. The van der Waals surface area contributed by atoms with Crippen LogP contribution >= 0.6 is 22.9 Å². The lowest BCUT2D eigenvalue weighted by Crippen LogP contribution is -2.44. The second-order valence-electron chi connectivity index (χ2n) is 8.55. The van der Waals surface area contributed by atoms with Crippen molar-refractivity contribution in [3.05, 3.63) is 68.0 Å². The molecule has 1 amide bonds. The fourth-order valence-corrected chi connectivity index (χ4v) is 5.45. The van der Waals surface area contributed by atoms with Crippen LogP contribution in [0.5, 0.6) is 5.88 Å². The second kappa shape index (κ2) is 11.7. The van der Waals surface area contributed by atoms with Gasteiger partial charge in [-0.2, -0.15) is 9.37 Å². The topological polar surface area (TPSA) is 80.2 Å². The highest BCUT2D eigenvalue weighted by Gasteiger charge is 2.33. The first-order valence-corrected chi connectivity index (χ1v) is 12.8. The molecule has 4 rings (SSSR count). The van der Waals surface area contributed by atoms with Gasteiger partial charge < -0.3 is 10.1 Å². The summed E-state index contributed by atoms with van der Waals surface area (Å²) in [4.78, 5) is 26.8. The van der Waals surface area contributed by atoms with Crippen LogP contribution in [0, 0.1) is 25.5 Å². The van der Waals surface area contributed by atoms with Gasteiger partial charge in [0.25, 0.3) is 18.2 Å². The summed E-state index contributed by atoms with van der Waals surface area (Å²) in [5.74, 6) is -1.88. The van der Waals surface area contributed by atoms with Crippen molar-refractivity contribution in [2.75, 3.05) is 19.6 Å². The predicted octanol–water partition coefficient (Wildman–Crippen LogP) is 5.43. The molecule has 0 aliphatic carbocycles. The van der Waals surface area contributed by atoms with E-state index in [2.05, 4.69) is 20.3 Å². The molecule has 13 heteroatoms. The third-order valence-corrected chi connectivity index (χ3v) is 7.33. The van der Waals surface area contributed by atoms with Gasteiger partial charge in [0.15, 0.2) is 0 Å². The van der Waals surface area contributed by atoms with Crippen molar-refractivity contribution in [2.45, 2.75) is 45.3 Å². The maximum Gasteiger partial charge on any atom is 0.281 e. The first kappa shape index (κ1) is 27.2. The summed E-state index contributed by atoms with van der Waals surface area (Å²) in [7, 11) is 0. The summed E-state index contributed by atoms with van der Waals surface area (Å²) in [6, 6.07) is 3.24. The molecule has 3 heterocycles. The number of rotatable bonds is 8. The third kappa shape index (κ3) is 6.19. The number of aromatic nitrogens is 3. The zero-order valence-electron chi connectivity index (χ0n) is 20.0. The number of aryl methyl sites for hydroxylation is 2. The molecule has 0 spiro atoms. The lowest BCUT2D eigenvalue weighted by Gasteiger charge is -2.37. The summed E-state index contributed by atoms with van der Waals surface area (Å²) < 4.78 is 61.8. The molecule has 2 aromatic heterocycles. The zero-order valence-corrected chi connectivity index (χ0v) is 21.6. The number of ether oxygens (including phenoxy) is 1. The van der Waals surface area contributed by atoms with Gasteiger partial charge in [-0.25, -0.2) is 23.1 Å². The minimum atomic E-state index is -2.80. The number of carbonyl (C=O) groups excluding carboxylic acids is 1. The monoisotopic (exact) mass is 557 g/mol. The summed E-state index contributed by atoms with van der Waals surface area (Å²) in [5, 5.41) is 2.58. The highest BCUT2D eigenvalue weighted by molar-refractivity contribution is 7.09. The molecule has 37 heavy (non-hydrogen) atoms. The van der Waals surface area contributed by atoms with Crippen LogP contribution in [0.3, 0.4) is 0 Å². The van der Waals surface area contributed by atoms with Crippen LogP contribution < -0.4 is 10.1 Å². The maximum atomic E-state index is 14.4. The number of hydrogen-bond donors (Lipinski definition) is 1. The smallest absolute Gasteiger partial charge is 0.281 e. The molecule has 1 N–H and O–H groups in total. The van der Waals surface area contributed by atoms with Crippen molar-refractivity contribution >= 4 is 28.8 Å². The number of carbonyl (C=O) groups is 1. The Balaban J connectivity index is 1.49. The lowest BCUT2D eigenvalue weighted by molar-refractivity contribution is 0.0656. The minimum Gasteiger partial charge on any atom is -0.472 e. The molecule has 198 valence electrons.